The summed E-state index contributed by atoms with van der Waals surface area (Å²) in [6, 6.07) is 2.60. The fourth-order valence-electron chi connectivity index (χ4n) is 7.98. The van der Waals surface area contributed by atoms with Crippen molar-refractivity contribution >= 4 is 27.5 Å². The molecule has 44 heavy (non-hydrogen) atoms. The number of hydrogen-bond donors (Lipinski definition) is 1. The van der Waals surface area contributed by atoms with Crippen molar-refractivity contribution in [2.24, 2.45) is 0 Å². The molecule has 4 aromatic rings. The van der Waals surface area contributed by atoms with E-state index >= 15 is 0 Å². The zero-order chi connectivity index (χ0) is 30.0. The van der Waals surface area contributed by atoms with Gasteiger partial charge >= 0.3 is 0 Å². The second-order valence-electron chi connectivity index (χ2n) is 12.5. The first-order chi connectivity index (χ1) is 21.5. The lowest BCUT2D eigenvalue weighted by Gasteiger charge is -2.39. The number of nitrogens with zero attached hydrogens (tertiary/aromatic N) is 7. The number of nitriles is 1. The van der Waals surface area contributed by atoms with Crippen molar-refractivity contribution in [3.63, 3.8) is 0 Å². The quantitative estimate of drug-likeness (QED) is 0.323. The Morgan fingerprint density at radius 1 is 1.23 bits per heavy atom. The van der Waals surface area contributed by atoms with Crippen LogP contribution < -0.4 is 10.5 Å². The summed E-state index contributed by atoms with van der Waals surface area (Å²) in [6.45, 7) is 2.26. The summed E-state index contributed by atoms with van der Waals surface area (Å²) in [5, 5.41) is 15.4. The second kappa shape index (κ2) is 10.6. The van der Waals surface area contributed by atoms with Gasteiger partial charge in [-0.3, -0.25) is 4.90 Å². The molecule has 11 nitrogen and oxygen atoms in total. The molecule has 226 valence electrons. The van der Waals surface area contributed by atoms with E-state index < -0.39 is 11.5 Å². The van der Waals surface area contributed by atoms with Crippen LogP contribution in [0.3, 0.4) is 0 Å². The Balaban J connectivity index is 1.27. The Morgan fingerprint density at radius 3 is 2.84 bits per heavy atom. The van der Waals surface area contributed by atoms with Gasteiger partial charge in [-0.25, -0.2) is 9.97 Å². The minimum atomic E-state index is -0.491. The molecule has 4 aliphatic rings. The maximum Gasteiger partial charge on any atom is 0.247 e. The van der Waals surface area contributed by atoms with Gasteiger partial charge in [0.2, 0.25) is 17.5 Å². The fraction of sp³-hybridized carbons (Fsp3) is 0.531. The number of aryl methyl sites for hydroxylation is 1. The van der Waals surface area contributed by atoms with Crippen molar-refractivity contribution in [2.75, 3.05) is 32.5 Å². The van der Waals surface area contributed by atoms with Gasteiger partial charge in [-0.15, -0.1) is 17.8 Å². The maximum absolute atomic E-state index is 10.1. The van der Waals surface area contributed by atoms with Crippen molar-refractivity contribution in [2.45, 2.75) is 81.4 Å². The molecule has 0 amide bonds. The number of aromatic nitrogens is 5. The highest BCUT2D eigenvalue weighted by Gasteiger charge is 2.48. The molecule has 1 spiro atoms. The number of nitrogen functional groups attached to an aromatic ring is 1. The third-order valence-electron chi connectivity index (χ3n) is 10.1. The van der Waals surface area contributed by atoms with E-state index in [9.17, 15) is 5.26 Å². The van der Waals surface area contributed by atoms with Gasteiger partial charge in [0.25, 0.3) is 0 Å². The molecule has 0 bridgehead atoms. The molecule has 6 heterocycles. The summed E-state index contributed by atoms with van der Waals surface area (Å²) in [6.07, 6.45) is 15.7. The Labute approximate surface area is 259 Å². The molecule has 8 rings (SSSR count). The maximum atomic E-state index is 10.1. The van der Waals surface area contributed by atoms with Crippen LogP contribution in [-0.2, 0) is 23.0 Å². The van der Waals surface area contributed by atoms with Crippen molar-refractivity contribution in [3.05, 3.63) is 33.6 Å². The molecule has 2 aliphatic carbocycles. The highest BCUT2D eigenvalue weighted by molar-refractivity contribution is 7.16. The molecular weight excluding hydrogens is 576 g/mol. The van der Waals surface area contributed by atoms with Crippen LogP contribution in [0.4, 0.5) is 5.00 Å². The zero-order valence-electron chi connectivity index (χ0n) is 24.7. The van der Waals surface area contributed by atoms with Gasteiger partial charge in [0, 0.05) is 22.5 Å². The molecular formula is C32H34N8O3S. The third kappa shape index (κ3) is 4.08. The number of rotatable bonds is 5. The normalized spacial score (nSPS) is 25.5. The first-order valence-corrected chi connectivity index (χ1v) is 16.3. The van der Waals surface area contributed by atoms with Crippen LogP contribution in [0.5, 0.6) is 5.88 Å². The number of imidazole rings is 1. The van der Waals surface area contributed by atoms with E-state index in [1.54, 1.807) is 6.33 Å². The molecule has 2 fully saturated rings. The van der Waals surface area contributed by atoms with Gasteiger partial charge in [-0.2, -0.15) is 10.2 Å². The molecule has 0 unspecified atom stereocenters. The number of terminal acetylenes is 1. The van der Waals surface area contributed by atoms with Crippen molar-refractivity contribution in [3.8, 4) is 35.9 Å². The van der Waals surface area contributed by atoms with E-state index in [2.05, 4.69) is 28.5 Å². The van der Waals surface area contributed by atoms with Gasteiger partial charge in [0.1, 0.15) is 11.1 Å². The van der Waals surface area contributed by atoms with Crippen LogP contribution >= 0.6 is 11.3 Å². The lowest BCUT2D eigenvalue weighted by molar-refractivity contribution is 0.146. The molecule has 2 aliphatic heterocycles. The topological polar surface area (TPSA) is 141 Å². The van der Waals surface area contributed by atoms with Crippen molar-refractivity contribution < 1.29 is 14.0 Å². The highest BCUT2D eigenvalue weighted by Crippen LogP contribution is 2.54. The molecule has 2 saturated heterocycles. The van der Waals surface area contributed by atoms with E-state index in [1.165, 1.54) is 16.2 Å². The van der Waals surface area contributed by atoms with Gasteiger partial charge < -0.3 is 24.3 Å². The number of anilines is 1. The first-order valence-electron chi connectivity index (χ1n) is 15.5. The van der Waals surface area contributed by atoms with E-state index in [4.69, 9.17) is 46.3 Å². The summed E-state index contributed by atoms with van der Waals surface area (Å²) in [7, 11) is 2.08. The largest absolute Gasteiger partial charge is 0.458 e. The summed E-state index contributed by atoms with van der Waals surface area (Å²) >= 11 is 1.54. The summed E-state index contributed by atoms with van der Waals surface area (Å²) in [5.41, 5.74) is 10.7. The Hall–Kier alpha value is -3.97. The molecule has 12 heteroatoms. The van der Waals surface area contributed by atoms with Gasteiger partial charge in [0.15, 0.2) is 17.3 Å². The summed E-state index contributed by atoms with van der Waals surface area (Å²) in [4.78, 5) is 18.1. The van der Waals surface area contributed by atoms with Crippen LogP contribution in [0.15, 0.2) is 10.9 Å². The van der Waals surface area contributed by atoms with Crippen LogP contribution in [0.2, 0.25) is 0 Å². The van der Waals surface area contributed by atoms with Gasteiger partial charge in [0.05, 0.1) is 36.3 Å². The fourth-order valence-corrected chi connectivity index (χ4v) is 9.14. The summed E-state index contributed by atoms with van der Waals surface area (Å²) < 4.78 is 20.5. The third-order valence-corrected chi connectivity index (χ3v) is 11.2. The molecule has 0 radical (unpaired) electrons. The average molecular weight is 611 g/mol. The molecule has 2 N–H and O–H groups in total. The second-order valence-corrected chi connectivity index (χ2v) is 13.6. The van der Waals surface area contributed by atoms with E-state index in [-0.39, 0.29) is 12.1 Å². The molecule has 0 aromatic carbocycles. The van der Waals surface area contributed by atoms with Gasteiger partial charge in [-0.05, 0) is 76.9 Å². The number of fused-ring (bicyclic) bond motifs is 5. The SMILES string of the molecule is C#C[C@H](Oc1nc(-c2onc3c2CCC[C@@]32CCCc3sc(N)c(C#N)c32)nc2c1ncn2[C@@H]1CCOC1)[C@@H]1CCCN1C. The predicted molar refractivity (Wildman–Crippen MR) is 164 cm³/mol. The molecule has 4 aromatic heterocycles. The predicted octanol–water partition coefficient (Wildman–Crippen LogP) is 4.39. The van der Waals surface area contributed by atoms with Crippen molar-refractivity contribution in [1.29, 1.82) is 5.26 Å². The Kier molecular flexibility index (Phi) is 6.63. The monoisotopic (exact) mass is 610 g/mol. The number of ether oxygens (including phenoxy) is 2. The van der Waals surface area contributed by atoms with E-state index in [1.807, 2.05) is 0 Å². The van der Waals surface area contributed by atoms with Crippen LogP contribution in [-0.4, -0.2) is 68.5 Å². The average Bonchev–Trinajstić information content (AvgIpc) is 3.86. The number of thiophene rings is 1. The molecule has 4 atom stereocenters. The standard InChI is InChI=1S/C32H34N8O3S/c1-3-22(21-8-6-13-39(21)2)42-31-25-30(40(17-35-25)18-10-14-41-16-18)36-29(37-31)26-19-7-4-11-32(27(19)38-43-26)12-5-9-23-24(32)20(15-33)28(34)44-23/h1,17-18,21-22H,4-14,16,34H2,2H3/t18-,21+,22+,32+/m1/s1. The van der Waals surface area contributed by atoms with Crippen LogP contribution in [0, 0.1) is 23.7 Å². The molecule has 0 saturated carbocycles. The van der Waals surface area contributed by atoms with Crippen molar-refractivity contribution in [1.82, 2.24) is 29.6 Å². The minimum Gasteiger partial charge on any atom is -0.458 e. The highest BCUT2D eigenvalue weighted by atomic mass is 32.1. The smallest absolute Gasteiger partial charge is 0.247 e. The number of hydrogen-bond acceptors (Lipinski definition) is 11. The number of nitrogens with two attached hydrogens (primary N) is 1. The van der Waals surface area contributed by atoms with Gasteiger partial charge in [-0.1, -0.05) is 11.1 Å². The summed E-state index contributed by atoms with van der Waals surface area (Å²) in [5.74, 6) is 4.14. The number of likely N-dealkylation sites (tertiary alicyclic amines) is 1. The Bertz CT molecular complexity index is 1840. The lowest BCUT2D eigenvalue weighted by Crippen LogP contribution is -2.39. The van der Waals surface area contributed by atoms with Crippen LogP contribution in [0.1, 0.15) is 78.2 Å². The zero-order valence-corrected chi connectivity index (χ0v) is 25.5. The first kappa shape index (κ1) is 27.6. The van der Waals surface area contributed by atoms with E-state index in [0.29, 0.717) is 52.4 Å². The lowest BCUT2D eigenvalue weighted by atomic mass is 9.62. The van der Waals surface area contributed by atoms with Crippen LogP contribution in [0.25, 0.3) is 22.7 Å². The Morgan fingerprint density at radius 2 is 2.09 bits per heavy atom. The van der Waals surface area contributed by atoms with E-state index in [0.717, 1.165) is 81.2 Å². The minimum absolute atomic E-state index is 0.0876. The number of likely N-dealkylation sites (N-methyl/N-ethyl adjacent to an activating group) is 1.